The van der Waals surface area contributed by atoms with Gasteiger partial charge in [0.1, 0.15) is 10.7 Å². The molecule has 0 spiro atoms. The van der Waals surface area contributed by atoms with E-state index in [9.17, 15) is 0 Å². The van der Waals surface area contributed by atoms with Gasteiger partial charge in [-0.25, -0.2) is 0 Å². The van der Waals surface area contributed by atoms with Gasteiger partial charge in [-0.15, -0.1) is 0 Å². The van der Waals surface area contributed by atoms with Crippen molar-refractivity contribution >= 4 is 68.4 Å². The van der Waals surface area contributed by atoms with Crippen molar-refractivity contribution in [3.63, 3.8) is 0 Å². The molecule has 2 aromatic carbocycles. The number of fused-ring (bicyclic) bond motifs is 1. The van der Waals surface area contributed by atoms with Crippen LogP contribution in [0.15, 0.2) is 82.1 Å². The van der Waals surface area contributed by atoms with Gasteiger partial charge in [0.15, 0.2) is 9.90 Å². The van der Waals surface area contributed by atoms with Crippen LogP contribution in [0, 0.1) is 0 Å². The Kier molecular flexibility index (Phi) is 5.06. The lowest BCUT2D eigenvalue weighted by molar-refractivity contribution is 0.632. The zero-order chi connectivity index (χ0) is 20.7. The molecule has 0 amide bonds. The first kappa shape index (κ1) is 19.3. The van der Waals surface area contributed by atoms with Crippen LogP contribution in [0.1, 0.15) is 12.6 Å². The van der Waals surface area contributed by atoms with Gasteiger partial charge in [-0.05, 0) is 25.1 Å². The highest BCUT2D eigenvalue weighted by atomic mass is 32.2. The fourth-order valence-corrected chi connectivity index (χ4v) is 5.48. The second-order valence-electron chi connectivity index (χ2n) is 6.89. The molecular weight excluding hydrogens is 428 g/mol. The average Bonchev–Trinajstić information content (AvgIpc) is 3.40. The smallest absolute Gasteiger partial charge is 0.153 e. The van der Waals surface area contributed by atoms with E-state index in [1.807, 2.05) is 53.4 Å². The number of anilines is 1. The van der Waals surface area contributed by atoms with E-state index in [0.29, 0.717) is 0 Å². The zero-order valence-corrected chi connectivity index (χ0v) is 18.7. The van der Waals surface area contributed by atoms with E-state index in [2.05, 4.69) is 41.8 Å². The van der Waals surface area contributed by atoms with Crippen LogP contribution in [0.4, 0.5) is 5.69 Å². The van der Waals surface area contributed by atoms with Gasteiger partial charge in [-0.1, -0.05) is 84.7 Å². The van der Waals surface area contributed by atoms with Gasteiger partial charge in [0, 0.05) is 35.6 Å². The van der Waals surface area contributed by atoms with Crippen LogP contribution in [-0.4, -0.2) is 13.9 Å². The first-order chi connectivity index (χ1) is 14.7. The summed E-state index contributed by atoms with van der Waals surface area (Å²) >= 11 is 12.9. The van der Waals surface area contributed by atoms with Gasteiger partial charge >= 0.3 is 0 Å². The van der Waals surface area contributed by atoms with Crippen LogP contribution in [-0.2, 0) is 6.54 Å². The molecule has 0 N–H and O–H groups in total. The molecule has 1 aliphatic heterocycles. The third-order valence-electron chi connectivity index (χ3n) is 5.08. The number of benzene rings is 2. The molecule has 0 saturated carbocycles. The van der Waals surface area contributed by atoms with Crippen LogP contribution in [0.5, 0.6) is 0 Å². The molecule has 30 heavy (non-hydrogen) atoms. The minimum Gasteiger partial charge on any atom is -0.454 e. The van der Waals surface area contributed by atoms with Crippen LogP contribution >= 0.6 is 36.2 Å². The van der Waals surface area contributed by atoms with Crippen LogP contribution in [0.25, 0.3) is 28.5 Å². The molecule has 0 atom stereocenters. The lowest BCUT2D eigenvalue weighted by Gasteiger charge is -2.16. The van der Waals surface area contributed by atoms with E-state index in [1.165, 1.54) is 11.8 Å². The monoisotopic (exact) mass is 446 g/mol. The SMILES string of the molecule is CCn1c(/C=C2/SC(=S)N(c3ccccc3)C2=S)cc2oc(-c3ccccc3)cc21. The van der Waals surface area contributed by atoms with E-state index in [1.54, 1.807) is 0 Å². The molecule has 4 aromatic rings. The molecule has 0 bridgehead atoms. The first-order valence-electron chi connectivity index (χ1n) is 9.67. The highest BCUT2D eigenvalue weighted by Crippen LogP contribution is 2.38. The molecule has 1 saturated heterocycles. The zero-order valence-electron chi connectivity index (χ0n) is 16.2. The molecule has 3 heterocycles. The minimum absolute atomic E-state index is 0.738. The topological polar surface area (TPSA) is 21.3 Å². The van der Waals surface area contributed by atoms with Crippen molar-refractivity contribution in [3.05, 3.63) is 83.4 Å². The summed E-state index contributed by atoms with van der Waals surface area (Å²) in [5.41, 5.74) is 5.09. The minimum atomic E-state index is 0.738. The molecule has 1 fully saturated rings. The molecule has 5 rings (SSSR count). The van der Waals surface area contributed by atoms with Crippen LogP contribution in [0.3, 0.4) is 0 Å². The Morgan fingerprint density at radius 2 is 1.67 bits per heavy atom. The van der Waals surface area contributed by atoms with Crippen molar-refractivity contribution in [3.8, 4) is 11.3 Å². The van der Waals surface area contributed by atoms with Crippen molar-refractivity contribution in [2.75, 3.05) is 4.90 Å². The third kappa shape index (κ3) is 3.31. The Morgan fingerprint density at radius 1 is 0.967 bits per heavy atom. The summed E-state index contributed by atoms with van der Waals surface area (Å²) in [6.07, 6.45) is 2.11. The van der Waals surface area contributed by atoms with Gasteiger partial charge in [0.25, 0.3) is 0 Å². The van der Waals surface area contributed by atoms with Gasteiger partial charge in [0.05, 0.1) is 10.4 Å². The van der Waals surface area contributed by atoms with Crippen molar-refractivity contribution in [1.82, 2.24) is 4.57 Å². The predicted octanol–water partition coefficient (Wildman–Crippen LogP) is 7.13. The summed E-state index contributed by atoms with van der Waals surface area (Å²) in [6, 6.07) is 24.4. The van der Waals surface area contributed by atoms with Crippen molar-refractivity contribution in [1.29, 1.82) is 0 Å². The highest BCUT2D eigenvalue weighted by molar-refractivity contribution is 8.28. The number of thioether (sulfide) groups is 1. The summed E-state index contributed by atoms with van der Waals surface area (Å²) in [5, 5.41) is 0. The summed E-state index contributed by atoms with van der Waals surface area (Å²) in [7, 11) is 0. The quantitative estimate of drug-likeness (QED) is 0.245. The maximum atomic E-state index is 6.15. The fraction of sp³-hybridized carbons (Fsp3) is 0.0833. The molecular formula is C24H18N2OS3. The van der Waals surface area contributed by atoms with E-state index in [-0.39, 0.29) is 0 Å². The number of thiocarbonyl (C=S) groups is 2. The second-order valence-corrected chi connectivity index (χ2v) is 8.95. The average molecular weight is 447 g/mol. The number of nitrogens with zero attached hydrogens (tertiary/aromatic N) is 2. The fourth-order valence-electron chi connectivity index (χ4n) is 3.68. The van der Waals surface area contributed by atoms with Crippen molar-refractivity contribution in [2.45, 2.75) is 13.5 Å². The van der Waals surface area contributed by atoms with Gasteiger partial charge in [0.2, 0.25) is 0 Å². The molecule has 0 aliphatic carbocycles. The number of furan rings is 1. The Morgan fingerprint density at radius 3 is 2.37 bits per heavy atom. The first-order valence-corrected chi connectivity index (χ1v) is 11.3. The summed E-state index contributed by atoms with van der Waals surface area (Å²) in [4.78, 5) is 3.68. The van der Waals surface area contributed by atoms with E-state index in [0.717, 1.165) is 54.6 Å². The largest absolute Gasteiger partial charge is 0.454 e. The van der Waals surface area contributed by atoms with E-state index >= 15 is 0 Å². The number of aryl methyl sites for hydroxylation is 1. The van der Waals surface area contributed by atoms with E-state index in [4.69, 9.17) is 28.9 Å². The maximum Gasteiger partial charge on any atom is 0.153 e. The number of aromatic nitrogens is 1. The Bertz CT molecular complexity index is 1290. The van der Waals surface area contributed by atoms with Crippen molar-refractivity contribution in [2.24, 2.45) is 0 Å². The second kappa shape index (κ2) is 7.87. The lowest BCUT2D eigenvalue weighted by atomic mass is 10.2. The van der Waals surface area contributed by atoms with Crippen LogP contribution in [0.2, 0.25) is 0 Å². The van der Waals surface area contributed by atoms with Gasteiger partial charge < -0.3 is 8.98 Å². The number of hydrogen-bond acceptors (Lipinski definition) is 4. The molecule has 0 unspecified atom stereocenters. The van der Waals surface area contributed by atoms with Crippen molar-refractivity contribution < 1.29 is 4.42 Å². The molecule has 148 valence electrons. The Balaban J connectivity index is 1.52. The number of para-hydroxylation sites is 1. The molecule has 3 nitrogen and oxygen atoms in total. The highest BCUT2D eigenvalue weighted by Gasteiger charge is 2.30. The molecule has 0 radical (unpaired) electrons. The number of rotatable bonds is 4. The third-order valence-corrected chi connectivity index (χ3v) is 6.94. The van der Waals surface area contributed by atoms with Crippen LogP contribution < -0.4 is 4.90 Å². The standard InChI is InChI=1S/C24H18N2OS3/c1-2-25-18(13-21-19(25)15-20(27-21)16-9-5-3-6-10-16)14-22-23(28)26(24(29)30-22)17-11-7-4-8-12-17/h3-15H,2H2,1H3/b22-14+. The Labute approximate surface area is 190 Å². The maximum absolute atomic E-state index is 6.15. The summed E-state index contributed by atoms with van der Waals surface area (Å²) in [5.74, 6) is 0.879. The summed E-state index contributed by atoms with van der Waals surface area (Å²) < 4.78 is 9.15. The molecule has 6 heteroatoms. The lowest BCUT2D eigenvalue weighted by Crippen LogP contribution is -2.25. The Hall–Kier alpha value is -2.67. The molecule has 1 aliphatic rings. The van der Waals surface area contributed by atoms with Gasteiger partial charge in [-0.2, -0.15) is 0 Å². The normalized spacial score (nSPS) is 15.6. The van der Waals surface area contributed by atoms with Gasteiger partial charge in [-0.3, -0.25) is 4.90 Å². The summed E-state index contributed by atoms with van der Waals surface area (Å²) in [6.45, 7) is 2.97. The van der Waals surface area contributed by atoms with E-state index < -0.39 is 0 Å². The molecule has 2 aromatic heterocycles. The predicted molar refractivity (Wildman–Crippen MR) is 135 cm³/mol. The number of hydrogen-bond donors (Lipinski definition) is 0.